The molecule has 2 aliphatic carbocycles. The first-order valence-corrected chi connectivity index (χ1v) is 11.2. The van der Waals surface area contributed by atoms with Crippen LogP contribution in [0.15, 0.2) is 0 Å². The third-order valence-electron chi connectivity index (χ3n) is 7.08. The molecule has 0 amide bonds. The zero-order valence-electron chi connectivity index (χ0n) is 18.1. The van der Waals surface area contributed by atoms with Gasteiger partial charge in [0, 0.05) is 18.1 Å². The molecule has 1 aliphatic heterocycles. The van der Waals surface area contributed by atoms with Crippen LogP contribution < -0.4 is 34.4 Å². The topological polar surface area (TPSA) is 265 Å². The van der Waals surface area contributed by atoms with E-state index in [-0.39, 0.29) is 12.3 Å². The van der Waals surface area contributed by atoms with Crippen LogP contribution in [0.4, 0.5) is 0 Å². The van der Waals surface area contributed by atoms with Gasteiger partial charge >= 0.3 is 0 Å². The lowest BCUT2D eigenvalue weighted by atomic mass is 9.80. The summed E-state index contributed by atoms with van der Waals surface area (Å²) in [5.41, 5.74) is 36.4. The highest BCUT2D eigenvalue weighted by molar-refractivity contribution is 5.02. The number of nitrogens with two attached hydrogens (primary N) is 6. The van der Waals surface area contributed by atoms with Crippen LogP contribution in [0.25, 0.3) is 0 Å². The lowest BCUT2D eigenvalue weighted by molar-refractivity contribution is -0.281. The molecule has 3 rings (SSSR count). The Balaban J connectivity index is 1.70. The summed E-state index contributed by atoms with van der Waals surface area (Å²) in [5.74, 6) is -0.164. The van der Waals surface area contributed by atoms with Gasteiger partial charge in [-0.15, -0.1) is 0 Å². The second-order valence-electron chi connectivity index (χ2n) is 9.36. The van der Waals surface area contributed by atoms with Crippen LogP contribution in [-0.4, -0.2) is 113 Å². The van der Waals surface area contributed by atoms with Crippen LogP contribution in [0, 0.1) is 5.92 Å². The van der Waals surface area contributed by atoms with Gasteiger partial charge in [-0.05, 0) is 31.7 Å². The maximum atomic E-state index is 11.1. The van der Waals surface area contributed by atoms with E-state index in [2.05, 4.69) is 0 Å². The Hall–Kier alpha value is -0.520. The minimum Gasteiger partial charge on any atom is -0.394 e. The summed E-state index contributed by atoms with van der Waals surface area (Å²) in [6.07, 6.45) is -6.27. The van der Waals surface area contributed by atoms with Gasteiger partial charge in [-0.2, -0.15) is 0 Å². The summed E-state index contributed by atoms with van der Waals surface area (Å²) >= 11 is 0. The molecule has 2 saturated carbocycles. The van der Waals surface area contributed by atoms with Crippen LogP contribution in [0.1, 0.15) is 19.3 Å². The molecule has 13 nitrogen and oxygen atoms in total. The van der Waals surface area contributed by atoms with Crippen molar-refractivity contribution in [1.82, 2.24) is 0 Å². The van der Waals surface area contributed by atoms with Crippen LogP contribution in [0.2, 0.25) is 0 Å². The van der Waals surface area contributed by atoms with E-state index in [0.29, 0.717) is 19.4 Å². The van der Waals surface area contributed by atoms with Gasteiger partial charge in [-0.1, -0.05) is 0 Å². The molecule has 13 heteroatoms. The number of hydrogen-bond donors (Lipinski definition) is 10. The highest BCUT2D eigenvalue weighted by Crippen LogP contribution is 2.32. The van der Waals surface area contributed by atoms with E-state index in [4.69, 9.17) is 48.6 Å². The maximum absolute atomic E-state index is 11.1. The second-order valence-corrected chi connectivity index (χ2v) is 9.36. The van der Waals surface area contributed by atoms with Gasteiger partial charge in [0.15, 0.2) is 6.29 Å². The van der Waals surface area contributed by atoms with E-state index < -0.39 is 85.8 Å². The fourth-order valence-corrected chi connectivity index (χ4v) is 4.93. The predicted molar refractivity (Wildman–Crippen MR) is 114 cm³/mol. The standard InChI is InChI=1S/C19H40N6O7/c20-4-6-1-11(7(21)3-10(6)27)30-17-8(22)2-9(23)18(16(17)29)32-19-14(25)13(24)15(28)12(5-26)31-19/h6-19,26-29H,1-5,20-25H2. The zero-order chi connectivity index (χ0) is 23.7. The van der Waals surface area contributed by atoms with Crippen molar-refractivity contribution in [2.45, 2.75) is 98.5 Å². The molecule has 16 N–H and O–H groups in total. The van der Waals surface area contributed by atoms with E-state index in [1.165, 1.54) is 0 Å². The Morgan fingerprint density at radius 1 is 0.781 bits per heavy atom. The number of aliphatic hydroxyl groups excluding tert-OH is 4. The normalized spacial score (nSPS) is 52.7. The van der Waals surface area contributed by atoms with Crippen molar-refractivity contribution < 1.29 is 34.6 Å². The van der Waals surface area contributed by atoms with Crippen molar-refractivity contribution in [3.63, 3.8) is 0 Å². The monoisotopic (exact) mass is 464 g/mol. The van der Waals surface area contributed by atoms with Crippen molar-refractivity contribution in [2.24, 2.45) is 40.3 Å². The van der Waals surface area contributed by atoms with E-state index in [0.717, 1.165) is 0 Å². The summed E-state index contributed by atoms with van der Waals surface area (Å²) in [4.78, 5) is 0. The molecule has 3 aliphatic rings. The Morgan fingerprint density at radius 3 is 2.00 bits per heavy atom. The SMILES string of the molecule is NCC1CC(OC2C(N)CC(N)C(OC3OC(CO)C(O)C(N)C3N)C2O)C(N)CC1O. The molecule has 1 saturated heterocycles. The number of rotatable bonds is 6. The Bertz CT molecular complexity index is 607. The van der Waals surface area contributed by atoms with Crippen LogP contribution in [0.5, 0.6) is 0 Å². The molecule has 14 unspecified atom stereocenters. The summed E-state index contributed by atoms with van der Waals surface area (Å²) in [7, 11) is 0. The molecule has 0 aromatic heterocycles. The smallest absolute Gasteiger partial charge is 0.175 e. The van der Waals surface area contributed by atoms with Gasteiger partial charge in [0.25, 0.3) is 0 Å². The Kier molecular flexibility index (Phi) is 8.82. The van der Waals surface area contributed by atoms with E-state index in [9.17, 15) is 20.4 Å². The van der Waals surface area contributed by atoms with Crippen molar-refractivity contribution in [3.05, 3.63) is 0 Å². The first-order chi connectivity index (χ1) is 15.1. The van der Waals surface area contributed by atoms with Gasteiger partial charge < -0.3 is 69.0 Å². The molecule has 0 spiro atoms. The summed E-state index contributed by atoms with van der Waals surface area (Å²) in [6.45, 7) is -0.191. The van der Waals surface area contributed by atoms with Gasteiger partial charge in [-0.3, -0.25) is 0 Å². The van der Waals surface area contributed by atoms with Crippen molar-refractivity contribution in [2.75, 3.05) is 13.2 Å². The van der Waals surface area contributed by atoms with Crippen molar-refractivity contribution in [3.8, 4) is 0 Å². The fourth-order valence-electron chi connectivity index (χ4n) is 4.93. The van der Waals surface area contributed by atoms with E-state index >= 15 is 0 Å². The lowest BCUT2D eigenvalue weighted by Crippen LogP contribution is -2.69. The maximum Gasteiger partial charge on any atom is 0.175 e. The van der Waals surface area contributed by atoms with Crippen LogP contribution in [0.3, 0.4) is 0 Å². The molecule has 32 heavy (non-hydrogen) atoms. The molecule has 0 bridgehead atoms. The summed E-state index contributed by atoms with van der Waals surface area (Å²) in [6, 6.07) is -3.49. The zero-order valence-corrected chi connectivity index (χ0v) is 18.1. The molecule has 0 radical (unpaired) electrons. The van der Waals surface area contributed by atoms with Crippen LogP contribution in [-0.2, 0) is 14.2 Å². The molecule has 14 atom stereocenters. The van der Waals surface area contributed by atoms with Gasteiger partial charge in [0.05, 0.1) is 37.0 Å². The third-order valence-corrected chi connectivity index (χ3v) is 7.08. The Morgan fingerprint density at radius 2 is 1.41 bits per heavy atom. The largest absolute Gasteiger partial charge is 0.394 e. The first-order valence-electron chi connectivity index (χ1n) is 11.2. The van der Waals surface area contributed by atoms with Crippen molar-refractivity contribution >= 4 is 0 Å². The summed E-state index contributed by atoms with van der Waals surface area (Å²) in [5, 5.41) is 40.7. The molecule has 0 aromatic rings. The molecule has 188 valence electrons. The quantitative estimate of drug-likeness (QED) is 0.176. The summed E-state index contributed by atoms with van der Waals surface area (Å²) < 4.78 is 17.6. The van der Waals surface area contributed by atoms with E-state index in [1.54, 1.807) is 0 Å². The minimum absolute atomic E-state index is 0.164. The minimum atomic E-state index is -1.23. The molecular formula is C19H40N6O7. The molecular weight excluding hydrogens is 424 g/mol. The first kappa shape index (κ1) is 26.1. The molecule has 0 aromatic carbocycles. The molecule has 3 fully saturated rings. The fraction of sp³-hybridized carbons (Fsp3) is 1.00. The average molecular weight is 465 g/mol. The predicted octanol–water partition coefficient (Wildman–Crippen LogP) is -5.67. The van der Waals surface area contributed by atoms with Gasteiger partial charge in [-0.25, -0.2) is 0 Å². The average Bonchev–Trinajstić information content (AvgIpc) is 2.75. The second kappa shape index (κ2) is 10.8. The van der Waals surface area contributed by atoms with E-state index in [1.807, 2.05) is 0 Å². The molecule has 1 heterocycles. The number of ether oxygens (including phenoxy) is 3. The number of hydrogen-bond acceptors (Lipinski definition) is 13. The lowest BCUT2D eigenvalue weighted by Gasteiger charge is -2.48. The van der Waals surface area contributed by atoms with Crippen molar-refractivity contribution in [1.29, 1.82) is 0 Å². The Labute approximate surface area is 187 Å². The highest BCUT2D eigenvalue weighted by atomic mass is 16.7. The van der Waals surface area contributed by atoms with Gasteiger partial charge in [0.2, 0.25) is 0 Å². The van der Waals surface area contributed by atoms with Crippen LogP contribution >= 0.6 is 0 Å². The number of aliphatic hydroxyl groups is 4. The highest BCUT2D eigenvalue weighted by Gasteiger charge is 2.49. The third kappa shape index (κ3) is 5.25. The van der Waals surface area contributed by atoms with Gasteiger partial charge in [0.1, 0.15) is 24.4 Å².